The molecule has 0 saturated carbocycles. The number of Topliss-reactive ketones (excluding diaryl/α,β-unsaturated/α-hetero) is 1. The maximum Gasteiger partial charge on any atom is 0.178 e. The maximum absolute atomic E-state index is 10.6. The third kappa shape index (κ3) is 8.35. The van der Waals surface area contributed by atoms with Gasteiger partial charge in [-0.05, 0) is 50.7 Å². The molecule has 0 amide bonds. The second-order valence-electron chi connectivity index (χ2n) is 4.30. The first kappa shape index (κ1) is 19.1. The van der Waals surface area contributed by atoms with Crippen molar-refractivity contribution in [2.75, 3.05) is 17.3 Å². The smallest absolute Gasteiger partial charge is 0.178 e. The van der Waals surface area contributed by atoms with Gasteiger partial charge in [0.15, 0.2) is 11.5 Å². The number of carbonyl (C=O) groups is 1. The molecule has 0 aliphatic carbocycles. The van der Waals surface area contributed by atoms with Crippen molar-refractivity contribution >= 4 is 26.8 Å². The Balaban J connectivity index is 0.000000370. The minimum atomic E-state index is -4.27. The number of benzene rings is 1. The molecule has 6 heteroatoms. The fourth-order valence-corrected chi connectivity index (χ4v) is 3.26. The summed E-state index contributed by atoms with van der Waals surface area (Å²) in [6, 6.07) is 5.78. The Hall–Kier alpha value is -0.850. The SMILES string of the molecule is CC[S+](CC)CC(C)=O.Cc1ccc(S(=O)(=O)[O-])cc1. The molecule has 0 fully saturated rings. The predicted octanol–water partition coefficient (Wildman–Crippen LogP) is 2.13. The highest BCUT2D eigenvalue weighted by atomic mass is 32.2. The van der Waals surface area contributed by atoms with E-state index in [9.17, 15) is 17.8 Å². The zero-order chi connectivity index (χ0) is 15.8. The summed E-state index contributed by atoms with van der Waals surface area (Å²) in [6.07, 6.45) is 0. The third-order valence-corrected chi connectivity index (χ3v) is 5.83. The van der Waals surface area contributed by atoms with Gasteiger partial charge in [0.1, 0.15) is 21.6 Å². The molecule has 0 spiro atoms. The van der Waals surface area contributed by atoms with E-state index in [4.69, 9.17) is 0 Å². The number of hydrogen-bond acceptors (Lipinski definition) is 4. The van der Waals surface area contributed by atoms with Gasteiger partial charge in [0.05, 0.1) is 4.90 Å². The van der Waals surface area contributed by atoms with Crippen LogP contribution in [0, 0.1) is 6.92 Å². The second-order valence-corrected chi connectivity index (χ2v) is 8.35. The molecule has 1 aromatic carbocycles. The van der Waals surface area contributed by atoms with Gasteiger partial charge in [-0.25, -0.2) is 8.42 Å². The van der Waals surface area contributed by atoms with E-state index in [0.29, 0.717) is 16.7 Å². The Morgan fingerprint density at radius 1 is 1.15 bits per heavy atom. The van der Waals surface area contributed by atoms with Crippen LogP contribution in [-0.4, -0.2) is 36.0 Å². The van der Waals surface area contributed by atoms with Crippen molar-refractivity contribution < 1.29 is 17.8 Å². The van der Waals surface area contributed by atoms with Crippen LogP contribution in [0.4, 0.5) is 0 Å². The van der Waals surface area contributed by atoms with Gasteiger partial charge in [0, 0.05) is 0 Å². The highest BCUT2D eigenvalue weighted by Crippen LogP contribution is 2.08. The summed E-state index contributed by atoms with van der Waals surface area (Å²) >= 11 is 0. The van der Waals surface area contributed by atoms with Crippen molar-refractivity contribution in [3.05, 3.63) is 29.8 Å². The molecule has 0 unspecified atom stereocenters. The summed E-state index contributed by atoms with van der Waals surface area (Å²) < 4.78 is 31.2. The summed E-state index contributed by atoms with van der Waals surface area (Å²) in [6.45, 7) is 7.79. The van der Waals surface area contributed by atoms with E-state index in [1.807, 2.05) is 6.92 Å². The Labute approximate surface area is 124 Å². The van der Waals surface area contributed by atoms with Crippen LogP contribution in [0.5, 0.6) is 0 Å². The lowest BCUT2D eigenvalue weighted by atomic mass is 10.2. The monoisotopic (exact) mass is 318 g/mol. The van der Waals surface area contributed by atoms with E-state index in [-0.39, 0.29) is 4.90 Å². The first-order chi connectivity index (χ1) is 9.20. The molecule has 0 atom stereocenters. The molecule has 0 N–H and O–H groups in total. The standard InChI is InChI=1S/C7H8O3S.C7H15OS/c1-6-2-4-7(5-3-6)11(8,9)10;1-4-9(5-2)6-7(3)8/h2-5H,1H3,(H,8,9,10);4-6H2,1-3H3/q;+1/p-1. The molecule has 20 heavy (non-hydrogen) atoms. The van der Waals surface area contributed by atoms with E-state index in [2.05, 4.69) is 13.8 Å². The van der Waals surface area contributed by atoms with Gasteiger partial charge in [0.25, 0.3) is 0 Å². The molecule has 0 saturated heterocycles. The Bertz CT molecular complexity index is 502. The van der Waals surface area contributed by atoms with E-state index in [1.54, 1.807) is 19.1 Å². The molecule has 114 valence electrons. The zero-order valence-electron chi connectivity index (χ0n) is 12.4. The van der Waals surface area contributed by atoms with Crippen molar-refractivity contribution in [1.29, 1.82) is 0 Å². The molecule has 4 nitrogen and oxygen atoms in total. The fraction of sp³-hybridized carbons (Fsp3) is 0.500. The predicted molar refractivity (Wildman–Crippen MR) is 83.1 cm³/mol. The van der Waals surface area contributed by atoms with Crippen LogP contribution in [0.3, 0.4) is 0 Å². The summed E-state index contributed by atoms with van der Waals surface area (Å²) in [5.41, 5.74) is 0.928. The summed E-state index contributed by atoms with van der Waals surface area (Å²) in [5, 5.41) is 0. The van der Waals surface area contributed by atoms with Gasteiger partial charge >= 0.3 is 0 Å². The third-order valence-electron chi connectivity index (χ3n) is 2.53. The highest BCUT2D eigenvalue weighted by Gasteiger charge is 2.13. The Morgan fingerprint density at radius 2 is 1.60 bits per heavy atom. The van der Waals surface area contributed by atoms with E-state index in [1.165, 1.54) is 12.1 Å². The van der Waals surface area contributed by atoms with Crippen molar-refractivity contribution in [2.45, 2.75) is 32.6 Å². The first-order valence-electron chi connectivity index (χ1n) is 6.36. The lowest BCUT2D eigenvalue weighted by molar-refractivity contribution is -0.114. The summed E-state index contributed by atoms with van der Waals surface area (Å²) in [5.74, 6) is 3.46. The molecule has 0 heterocycles. The molecular formula is C14H22O4S2. The van der Waals surface area contributed by atoms with Crippen LogP contribution in [-0.2, 0) is 25.8 Å². The first-order valence-corrected chi connectivity index (χ1v) is 9.50. The lowest BCUT2D eigenvalue weighted by Gasteiger charge is -2.05. The van der Waals surface area contributed by atoms with Gasteiger partial charge in [-0.2, -0.15) is 0 Å². The topological polar surface area (TPSA) is 74.3 Å². The average molecular weight is 318 g/mol. The van der Waals surface area contributed by atoms with Crippen LogP contribution in [0.25, 0.3) is 0 Å². The number of ketones is 1. The summed E-state index contributed by atoms with van der Waals surface area (Å²) in [7, 11) is -3.89. The van der Waals surface area contributed by atoms with Gasteiger partial charge in [0.2, 0.25) is 0 Å². The number of aryl methyl sites for hydroxylation is 1. The largest absolute Gasteiger partial charge is 0.744 e. The van der Waals surface area contributed by atoms with Gasteiger partial charge < -0.3 is 4.55 Å². The van der Waals surface area contributed by atoms with Crippen molar-refractivity contribution in [3.8, 4) is 0 Å². The van der Waals surface area contributed by atoms with E-state index >= 15 is 0 Å². The lowest BCUT2D eigenvalue weighted by Crippen LogP contribution is -2.17. The van der Waals surface area contributed by atoms with Crippen LogP contribution >= 0.6 is 0 Å². The normalized spacial score (nSPS) is 10.9. The second kappa shape index (κ2) is 9.15. The quantitative estimate of drug-likeness (QED) is 0.616. The van der Waals surface area contributed by atoms with Crippen LogP contribution in [0.15, 0.2) is 29.2 Å². The molecule has 0 aliphatic heterocycles. The van der Waals surface area contributed by atoms with Gasteiger partial charge in [-0.3, -0.25) is 4.79 Å². The van der Waals surface area contributed by atoms with Gasteiger partial charge in [-0.15, -0.1) is 0 Å². The molecule has 1 rings (SSSR count). The molecule has 0 bridgehead atoms. The number of rotatable bonds is 5. The van der Waals surface area contributed by atoms with Crippen molar-refractivity contribution in [3.63, 3.8) is 0 Å². The molecule has 0 aromatic heterocycles. The molecule has 1 aromatic rings. The molecular weight excluding hydrogens is 296 g/mol. The van der Waals surface area contributed by atoms with Crippen molar-refractivity contribution in [2.24, 2.45) is 0 Å². The zero-order valence-corrected chi connectivity index (χ0v) is 14.0. The Kier molecular flexibility index (Phi) is 8.76. The van der Waals surface area contributed by atoms with Gasteiger partial charge in [-0.1, -0.05) is 17.7 Å². The van der Waals surface area contributed by atoms with E-state index < -0.39 is 10.1 Å². The van der Waals surface area contributed by atoms with Crippen molar-refractivity contribution in [1.82, 2.24) is 0 Å². The Morgan fingerprint density at radius 3 is 1.85 bits per heavy atom. The minimum absolute atomic E-state index is 0.178. The number of carbonyl (C=O) groups excluding carboxylic acids is 1. The minimum Gasteiger partial charge on any atom is -0.744 e. The van der Waals surface area contributed by atoms with Crippen LogP contribution in [0.2, 0.25) is 0 Å². The fourth-order valence-electron chi connectivity index (χ4n) is 1.40. The molecule has 0 radical (unpaired) electrons. The molecule has 0 aliphatic rings. The number of hydrogen-bond donors (Lipinski definition) is 0. The highest BCUT2D eigenvalue weighted by molar-refractivity contribution is 7.97. The summed E-state index contributed by atoms with van der Waals surface area (Å²) in [4.78, 5) is 10.4. The van der Waals surface area contributed by atoms with E-state index in [0.717, 1.165) is 22.8 Å². The van der Waals surface area contributed by atoms with Crippen LogP contribution < -0.4 is 0 Å². The van der Waals surface area contributed by atoms with Crippen LogP contribution in [0.1, 0.15) is 26.3 Å². The average Bonchev–Trinajstić information content (AvgIpc) is 2.36. The maximum atomic E-state index is 10.6.